The van der Waals surface area contributed by atoms with Crippen molar-refractivity contribution in [2.24, 2.45) is 17.8 Å². The predicted molar refractivity (Wildman–Crippen MR) is 93.6 cm³/mol. The molecular weight excluding hydrogens is 303 g/mol. The molecule has 0 aromatic heterocycles. The van der Waals surface area contributed by atoms with Gasteiger partial charge in [0.2, 0.25) is 0 Å². The summed E-state index contributed by atoms with van der Waals surface area (Å²) in [6.45, 7) is 3.59. The SMILES string of the molecule is CCCC1CCC(C2CCc3c(ccc(OC(C)=O)c3F)C2)CC1. The van der Waals surface area contributed by atoms with Crippen LogP contribution in [0.15, 0.2) is 12.1 Å². The lowest BCUT2D eigenvalue weighted by Gasteiger charge is -2.36. The van der Waals surface area contributed by atoms with Gasteiger partial charge in [0, 0.05) is 6.92 Å². The number of fused-ring (bicyclic) bond motifs is 1. The van der Waals surface area contributed by atoms with Crippen LogP contribution in [0.5, 0.6) is 5.75 Å². The minimum absolute atomic E-state index is 0.0831. The van der Waals surface area contributed by atoms with Crippen LogP contribution in [0.1, 0.15) is 69.9 Å². The van der Waals surface area contributed by atoms with Crippen LogP contribution in [0.2, 0.25) is 0 Å². The van der Waals surface area contributed by atoms with E-state index in [0.717, 1.165) is 42.2 Å². The zero-order chi connectivity index (χ0) is 17.1. The Morgan fingerprint density at radius 3 is 2.58 bits per heavy atom. The van der Waals surface area contributed by atoms with Crippen LogP contribution in [0, 0.1) is 23.6 Å². The lowest BCUT2D eigenvalue weighted by molar-refractivity contribution is -0.132. The Morgan fingerprint density at radius 1 is 1.17 bits per heavy atom. The minimum Gasteiger partial charge on any atom is -0.424 e. The van der Waals surface area contributed by atoms with E-state index in [4.69, 9.17) is 4.74 Å². The third-order valence-electron chi connectivity index (χ3n) is 6.06. The summed E-state index contributed by atoms with van der Waals surface area (Å²) >= 11 is 0. The highest BCUT2D eigenvalue weighted by Crippen LogP contribution is 2.41. The number of hydrogen-bond acceptors (Lipinski definition) is 2. The second-order valence-electron chi connectivity index (χ2n) is 7.68. The Kier molecular flexibility index (Phi) is 5.57. The first-order valence-corrected chi connectivity index (χ1v) is 9.57. The fourth-order valence-electron chi connectivity index (χ4n) is 4.81. The molecule has 0 bridgehead atoms. The van der Waals surface area contributed by atoms with E-state index in [0.29, 0.717) is 5.92 Å². The zero-order valence-corrected chi connectivity index (χ0v) is 14.9. The lowest BCUT2D eigenvalue weighted by Crippen LogP contribution is -2.27. The highest BCUT2D eigenvalue weighted by Gasteiger charge is 2.31. The predicted octanol–water partition coefficient (Wildman–Crippen LogP) is 5.46. The van der Waals surface area contributed by atoms with Gasteiger partial charge in [0.15, 0.2) is 11.6 Å². The molecule has 3 rings (SSSR count). The van der Waals surface area contributed by atoms with E-state index in [1.54, 1.807) is 6.07 Å². The molecule has 0 N–H and O–H groups in total. The maximum atomic E-state index is 14.5. The van der Waals surface area contributed by atoms with Crippen molar-refractivity contribution >= 4 is 5.97 Å². The molecule has 1 aromatic carbocycles. The molecule has 0 amide bonds. The topological polar surface area (TPSA) is 26.3 Å². The molecule has 1 saturated carbocycles. The maximum absolute atomic E-state index is 14.5. The summed E-state index contributed by atoms with van der Waals surface area (Å²) in [7, 11) is 0. The number of benzene rings is 1. The molecule has 2 aliphatic carbocycles. The monoisotopic (exact) mass is 332 g/mol. The van der Waals surface area contributed by atoms with Crippen molar-refractivity contribution in [3.8, 4) is 5.75 Å². The van der Waals surface area contributed by atoms with Crippen LogP contribution in [0.25, 0.3) is 0 Å². The van der Waals surface area contributed by atoms with Gasteiger partial charge < -0.3 is 4.74 Å². The van der Waals surface area contributed by atoms with E-state index >= 15 is 0 Å². The van der Waals surface area contributed by atoms with Gasteiger partial charge in [0.1, 0.15) is 0 Å². The number of carbonyl (C=O) groups excluding carboxylic acids is 1. The molecule has 3 heteroatoms. The fraction of sp³-hybridized carbons (Fsp3) is 0.667. The molecule has 1 aromatic rings. The summed E-state index contributed by atoms with van der Waals surface area (Å²) in [5, 5.41) is 0. The fourth-order valence-corrected chi connectivity index (χ4v) is 4.81. The number of ether oxygens (including phenoxy) is 1. The Hall–Kier alpha value is -1.38. The highest BCUT2D eigenvalue weighted by molar-refractivity contribution is 5.69. The van der Waals surface area contributed by atoms with Gasteiger partial charge in [-0.25, -0.2) is 4.39 Å². The van der Waals surface area contributed by atoms with E-state index in [2.05, 4.69) is 6.92 Å². The molecule has 0 aliphatic heterocycles. The quantitative estimate of drug-likeness (QED) is 0.540. The summed E-state index contributed by atoms with van der Waals surface area (Å²) in [4.78, 5) is 11.1. The lowest BCUT2D eigenvalue weighted by atomic mass is 9.69. The molecular formula is C21H29FO2. The van der Waals surface area contributed by atoms with Crippen molar-refractivity contribution in [2.75, 3.05) is 0 Å². The van der Waals surface area contributed by atoms with Crippen LogP contribution in [0.3, 0.4) is 0 Å². The number of carbonyl (C=O) groups is 1. The first-order chi connectivity index (χ1) is 11.6. The summed E-state index contributed by atoms with van der Waals surface area (Å²) in [6.07, 6.45) is 10.9. The van der Waals surface area contributed by atoms with Gasteiger partial charge in [-0.15, -0.1) is 0 Å². The number of rotatable bonds is 4. The van der Waals surface area contributed by atoms with Crippen LogP contribution in [-0.2, 0) is 17.6 Å². The molecule has 2 aliphatic rings. The average molecular weight is 332 g/mol. The first kappa shape index (κ1) is 17.4. The van der Waals surface area contributed by atoms with E-state index in [9.17, 15) is 9.18 Å². The Labute approximate surface area is 144 Å². The summed E-state index contributed by atoms with van der Waals surface area (Å²) < 4.78 is 19.5. The highest BCUT2D eigenvalue weighted by atomic mass is 19.1. The molecule has 1 atom stereocenters. The van der Waals surface area contributed by atoms with Crippen LogP contribution < -0.4 is 4.74 Å². The Bertz CT molecular complexity index is 588. The maximum Gasteiger partial charge on any atom is 0.308 e. The zero-order valence-electron chi connectivity index (χ0n) is 14.9. The van der Waals surface area contributed by atoms with E-state index in [1.165, 1.54) is 45.4 Å². The standard InChI is InChI=1S/C21H29FO2/c1-3-4-15-5-7-16(8-6-15)17-9-11-19-18(13-17)10-12-20(21(19)22)24-14(2)23/h10,12,15-17H,3-9,11,13H2,1-2H3. The van der Waals surface area contributed by atoms with Gasteiger partial charge in [0.05, 0.1) is 0 Å². The van der Waals surface area contributed by atoms with E-state index < -0.39 is 5.97 Å². The second kappa shape index (κ2) is 7.67. The molecule has 0 radical (unpaired) electrons. The molecule has 2 nitrogen and oxygen atoms in total. The van der Waals surface area contributed by atoms with Gasteiger partial charge in [-0.05, 0) is 67.1 Å². The Balaban J connectivity index is 1.65. The normalized spacial score (nSPS) is 26.7. The molecule has 24 heavy (non-hydrogen) atoms. The van der Waals surface area contributed by atoms with Gasteiger partial charge in [-0.1, -0.05) is 38.7 Å². The van der Waals surface area contributed by atoms with Crippen LogP contribution >= 0.6 is 0 Å². The van der Waals surface area contributed by atoms with Crippen LogP contribution in [0.4, 0.5) is 4.39 Å². The largest absolute Gasteiger partial charge is 0.424 e. The second-order valence-corrected chi connectivity index (χ2v) is 7.68. The van der Waals surface area contributed by atoms with Gasteiger partial charge in [0.25, 0.3) is 0 Å². The molecule has 1 unspecified atom stereocenters. The third kappa shape index (κ3) is 3.81. The van der Waals surface area contributed by atoms with Crippen molar-refractivity contribution in [3.63, 3.8) is 0 Å². The van der Waals surface area contributed by atoms with Crippen molar-refractivity contribution < 1.29 is 13.9 Å². The number of hydrogen-bond donors (Lipinski definition) is 0. The smallest absolute Gasteiger partial charge is 0.308 e. The van der Waals surface area contributed by atoms with Gasteiger partial charge in [-0.3, -0.25) is 4.79 Å². The van der Waals surface area contributed by atoms with Crippen molar-refractivity contribution in [1.29, 1.82) is 0 Å². The molecule has 1 fully saturated rings. The van der Waals surface area contributed by atoms with Crippen molar-refractivity contribution in [3.05, 3.63) is 29.1 Å². The molecule has 0 saturated heterocycles. The average Bonchev–Trinajstić information content (AvgIpc) is 2.58. The summed E-state index contributed by atoms with van der Waals surface area (Å²) in [6, 6.07) is 3.58. The molecule has 0 heterocycles. The van der Waals surface area contributed by atoms with Gasteiger partial charge >= 0.3 is 5.97 Å². The first-order valence-electron chi connectivity index (χ1n) is 9.57. The van der Waals surface area contributed by atoms with Crippen LogP contribution in [-0.4, -0.2) is 5.97 Å². The summed E-state index contributed by atoms with van der Waals surface area (Å²) in [5.41, 5.74) is 1.89. The minimum atomic E-state index is -0.466. The number of esters is 1. The van der Waals surface area contributed by atoms with Gasteiger partial charge in [-0.2, -0.15) is 0 Å². The molecule has 0 spiro atoms. The molecule has 132 valence electrons. The van der Waals surface area contributed by atoms with E-state index in [1.807, 2.05) is 6.07 Å². The summed E-state index contributed by atoms with van der Waals surface area (Å²) in [5.74, 6) is 1.73. The number of halogens is 1. The van der Waals surface area contributed by atoms with Crippen molar-refractivity contribution in [2.45, 2.75) is 71.6 Å². The van der Waals surface area contributed by atoms with E-state index in [-0.39, 0.29) is 11.6 Å². The Morgan fingerprint density at radius 2 is 1.92 bits per heavy atom. The third-order valence-corrected chi connectivity index (χ3v) is 6.06. The van der Waals surface area contributed by atoms with Crippen molar-refractivity contribution in [1.82, 2.24) is 0 Å².